The maximum atomic E-state index is 14.3. The van der Waals surface area contributed by atoms with Crippen LogP contribution in [-0.2, 0) is 9.53 Å². The Hall–Kier alpha value is -3.07. The number of benzene rings is 1. The summed E-state index contributed by atoms with van der Waals surface area (Å²) < 4.78 is 39.2. The summed E-state index contributed by atoms with van der Waals surface area (Å²) in [5, 5.41) is 2.68. The number of anilines is 1. The van der Waals surface area contributed by atoms with Gasteiger partial charge in [0.15, 0.2) is 11.6 Å². The second-order valence-corrected chi connectivity index (χ2v) is 7.72. The molecule has 3 rings (SSSR count). The maximum absolute atomic E-state index is 14.3. The van der Waals surface area contributed by atoms with Crippen molar-refractivity contribution >= 4 is 17.5 Å². The van der Waals surface area contributed by atoms with Gasteiger partial charge in [-0.2, -0.15) is 4.39 Å². The van der Waals surface area contributed by atoms with Gasteiger partial charge in [-0.3, -0.25) is 14.6 Å². The predicted octanol–water partition coefficient (Wildman–Crippen LogP) is 3.00. The number of methoxy groups -OCH3 is 1. The average molecular weight is 419 g/mol. The number of amides is 2. The normalized spacial score (nSPS) is 22.5. The number of hydrogen-bond acceptors (Lipinski definition) is 5. The summed E-state index contributed by atoms with van der Waals surface area (Å²) in [7, 11) is 1.24. The number of carbonyl (C=O) groups excluding carboxylic acids is 2. The summed E-state index contributed by atoms with van der Waals surface area (Å²) in [6.07, 6.45) is 0.326. The van der Waals surface area contributed by atoms with E-state index in [4.69, 9.17) is 15.2 Å². The van der Waals surface area contributed by atoms with E-state index in [0.29, 0.717) is 11.3 Å². The summed E-state index contributed by atoms with van der Waals surface area (Å²) in [6, 6.07) is 5.25. The Balaban J connectivity index is 1.98. The summed E-state index contributed by atoms with van der Waals surface area (Å²) in [6.45, 7) is 5.51. The predicted molar refractivity (Wildman–Crippen MR) is 105 cm³/mol. The molecule has 2 aromatic rings. The molecule has 9 heteroatoms. The van der Waals surface area contributed by atoms with Crippen molar-refractivity contribution < 1.29 is 27.8 Å². The second-order valence-electron chi connectivity index (χ2n) is 7.72. The highest BCUT2D eigenvalue weighted by Gasteiger charge is 2.51. The van der Waals surface area contributed by atoms with Crippen LogP contribution in [0.25, 0.3) is 0 Å². The molecule has 3 N–H and O–H groups in total. The van der Waals surface area contributed by atoms with E-state index in [2.05, 4.69) is 10.3 Å². The van der Waals surface area contributed by atoms with Crippen LogP contribution in [0.3, 0.4) is 0 Å². The van der Waals surface area contributed by atoms with Gasteiger partial charge >= 0.3 is 0 Å². The number of aromatic nitrogens is 1. The van der Waals surface area contributed by atoms with Crippen molar-refractivity contribution in [2.24, 2.45) is 11.7 Å². The fraction of sp³-hybridized carbons (Fsp3) is 0.381. The van der Waals surface area contributed by atoms with Crippen LogP contribution in [0.15, 0.2) is 30.5 Å². The Labute approximate surface area is 172 Å². The molecule has 0 bridgehead atoms. The molecule has 0 unspecified atom stereocenters. The third-order valence-corrected chi connectivity index (χ3v) is 5.57. The van der Waals surface area contributed by atoms with Crippen molar-refractivity contribution in [3.8, 4) is 5.75 Å². The molecule has 0 radical (unpaired) electrons. The molecule has 1 saturated heterocycles. The van der Waals surface area contributed by atoms with E-state index in [9.17, 15) is 18.4 Å². The van der Waals surface area contributed by atoms with Crippen LogP contribution in [0.5, 0.6) is 5.75 Å². The lowest BCUT2D eigenvalue weighted by atomic mass is 9.78. The molecule has 1 aliphatic heterocycles. The Kier molecular flexibility index (Phi) is 5.76. The zero-order chi connectivity index (χ0) is 22.2. The molecule has 30 heavy (non-hydrogen) atoms. The summed E-state index contributed by atoms with van der Waals surface area (Å²) in [5.74, 6) is -4.50. The van der Waals surface area contributed by atoms with Crippen molar-refractivity contribution in [2.45, 2.75) is 38.4 Å². The molecule has 2 amide bonds. The number of carbonyl (C=O) groups is 2. The second kappa shape index (κ2) is 7.98. The van der Waals surface area contributed by atoms with Crippen molar-refractivity contribution in [1.82, 2.24) is 4.98 Å². The van der Waals surface area contributed by atoms with E-state index in [1.807, 2.05) is 20.8 Å². The van der Waals surface area contributed by atoms with Gasteiger partial charge in [-0.05, 0) is 38.0 Å². The maximum Gasteiger partial charge on any atom is 0.267 e. The monoisotopic (exact) mass is 419 g/mol. The summed E-state index contributed by atoms with van der Waals surface area (Å²) in [5.41, 5.74) is 5.14. The average Bonchev–Trinajstić information content (AvgIpc) is 2.93. The Morgan fingerprint density at radius 1 is 1.27 bits per heavy atom. The van der Waals surface area contributed by atoms with E-state index < -0.39 is 41.1 Å². The lowest BCUT2D eigenvalue weighted by Gasteiger charge is -2.25. The van der Waals surface area contributed by atoms with Crippen LogP contribution in [0.4, 0.5) is 14.5 Å². The van der Waals surface area contributed by atoms with Gasteiger partial charge in [0.25, 0.3) is 11.8 Å². The summed E-state index contributed by atoms with van der Waals surface area (Å²) >= 11 is 0. The van der Waals surface area contributed by atoms with Gasteiger partial charge in [-0.25, -0.2) is 4.39 Å². The molecule has 7 nitrogen and oxygen atoms in total. The van der Waals surface area contributed by atoms with Crippen LogP contribution in [0.2, 0.25) is 0 Å². The van der Waals surface area contributed by atoms with Gasteiger partial charge in [-0.1, -0.05) is 13.0 Å². The molecule has 2 heterocycles. The fourth-order valence-corrected chi connectivity index (χ4v) is 3.72. The molecule has 1 aromatic heterocycles. The van der Waals surface area contributed by atoms with Crippen LogP contribution in [-0.4, -0.2) is 35.6 Å². The molecular formula is C21H23F2N3O4. The molecule has 0 spiro atoms. The highest BCUT2D eigenvalue weighted by atomic mass is 19.2. The molecule has 1 fully saturated rings. The van der Waals surface area contributed by atoms with E-state index in [1.165, 1.54) is 31.5 Å². The lowest BCUT2D eigenvalue weighted by Crippen LogP contribution is -2.33. The van der Waals surface area contributed by atoms with Gasteiger partial charge < -0.3 is 20.5 Å². The van der Waals surface area contributed by atoms with E-state index in [-0.39, 0.29) is 17.4 Å². The van der Waals surface area contributed by atoms with Crippen LogP contribution in [0, 0.1) is 17.6 Å². The highest BCUT2D eigenvalue weighted by molar-refractivity contribution is 5.97. The number of rotatable bonds is 5. The number of nitrogens with zero attached hydrogens (tertiary/aromatic N) is 1. The van der Waals surface area contributed by atoms with E-state index >= 15 is 0 Å². The molecule has 1 aromatic carbocycles. The van der Waals surface area contributed by atoms with Gasteiger partial charge in [0.2, 0.25) is 5.82 Å². The first kappa shape index (κ1) is 21.6. The molecule has 0 aliphatic carbocycles. The zero-order valence-corrected chi connectivity index (χ0v) is 17.0. The Morgan fingerprint density at radius 2 is 1.97 bits per heavy atom. The minimum Gasteiger partial charge on any atom is -0.493 e. The fourth-order valence-electron chi connectivity index (χ4n) is 3.72. The van der Waals surface area contributed by atoms with Crippen molar-refractivity contribution in [1.29, 1.82) is 0 Å². The first-order valence-electron chi connectivity index (χ1n) is 9.33. The van der Waals surface area contributed by atoms with Gasteiger partial charge in [0.05, 0.1) is 12.7 Å². The van der Waals surface area contributed by atoms with Crippen LogP contribution < -0.4 is 15.8 Å². The van der Waals surface area contributed by atoms with Crippen LogP contribution >= 0.6 is 0 Å². The van der Waals surface area contributed by atoms with Gasteiger partial charge in [0.1, 0.15) is 11.8 Å². The number of hydrogen-bond donors (Lipinski definition) is 2. The van der Waals surface area contributed by atoms with Crippen molar-refractivity contribution in [3.63, 3.8) is 0 Å². The lowest BCUT2D eigenvalue weighted by molar-refractivity contribution is -0.131. The first-order chi connectivity index (χ1) is 14.1. The number of pyridine rings is 1. The zero-order valence-electron chi connectivity index (χ0n) is 17.0. The highest BCUT2D eigenvalue weighted by Crippen LogP contribution is 2.49. The Bertz CT molecular complexity index is 996. The van der Waals surface area contributed by atoms with Gasteiger partial charge in [0, 0.05) is 23.4 Å². The largest absolute Gasteiger partial charge is 0.493 e. The third kappa shape index (κ3) is 3.85. The van der Waals surface area contributed by atoms with Crippen molar-refractivity contribution in [2.75, 3.05) is 12.4 Å². The quantitative estimate of drug-likeness (QED) is 0.776. The smallest absolute Gasteiger partial charge is 0.267 e. The number of ether oxygens (including phenoxy) is 2. The molecular weight excluding hydrogens is 396 g/mol. The topological polar surface area (TPSA) is 104 Å². The molecule has 0 saturated carbocycles. The number of primary amides is 1. The van der Waals surface area contributed by atoms with Gasteiger partial charge in [-0.15, -0.1) is 0 Å². The van der Waals surface area contributed by atoms with E-state index in [1.54, 1.807) is 0 Å². The minimum absolute atomic E-state index is 0.00679. The number of nitrogens with one attached hydrogen (secondary N) is 1. The Morgan fingerprint density at radius 3 is 2.60 bits per heavy atom. The standard InChI is InChI=1S/C21H23F2N3O4/c1-10-15(12-5-6-13(22)16(23)17(12)29-4)18(30-21(10,2)3)20(28)26-11-7-8-25-14(9-11)19(24)27/h5-10,15,18H,1-4H3,(H2,24,27)(H,25,26,28)/t10-,15-,18-/m0/s1. The number of halogens is 2. The van der Waals surface area contributed by atoms with Crippen molar-refractivity contribution in [3.05, 3.63) is 53.4 Å². The van der Waals surface area contributed by atoms with Crippen LogP contribution in [0.1, 0.15) is 42.7 Å². The summed E-state index contributed by atoms with van der Waals surface area (Å²) in [4.78, 5) is 28.2. The molecule has 3 atom stereocenters. The SMILES string of the molecule is COc1c([C@H]2[C@@H](C(=O)Nc3ccnc(C(N)=O)c3)OC(C)(C)[C@H]2C)ccc(F)c1F. The molecule has 160 valence electrons. The molecule has 1 aliphatic rings. The third-order valence-electron chi connectivity index (χ3n) is 5.57. The first-order valence-corrected chi connectivity index (χ1v) is 9.33. The van der Waals surface area contributed by atoms with E-state index in [0.717, 1.165) is 6.07 Å². The number of nitrogens with two attached hydrogens (primary N) is 1. The minimum atomic E-state index is -1.12.